The van der Waals surface area contributed by atoms with Crippen LogP contribution in [-0.4, -0.2) is 5.11 Å². The zero-order valence-electron chi connectivity index (χ0n) is 12.0. The zero-order chi connectivity index (χ0) is 13.8. The van der Waals surface area contributed by atoms with Gasteiger partial charge < -0.3 is 5.11 Å². The molecule has 0 heterocycles. The molecule has 0 bridgehead atoms. The Morgan fingerprint density at radius 1 is 0.947 bits per heavy atom. The lowest BCUT2D eigenvalue weighted by atomic mass is 9.95. The third kappa shape index (κ3) is 3.45. The quantitative estimate of drug-likeness (QED) is 0.863. The van der Waals surface area contributed by atoms with Gasteiger partial charge in [-0.3, -0.25) is 0 Å². The lowest BCUT2D eigenvalue weighted by molar-refractivity contribution is 0.167. The summed E-state index contributed by atoms with van der Waals surface area (Å²) >= 11 is 0. The Hall–Kier alpha value is -1.60. The van der Waals surface area contributed by atoms with Crippen LogP contribution in [0.25, 0.3) is 0 Å². The van der Waals surface area contributed by atoms with Gasteiger partial charge in [0.15, 0.2) is 0 Å². The van der Waals surface area contributed by atoms with Crippen LogP contribution in [0.4, 0.5) is 0 Å². The maximum Gasteiger partial charge on any atom is 0.0795 e. The van der Waals surface area contributed by atoms with Crippen molar-refractivity contribution in [3.63, 3.8) is 0 Å². The highest BCUT2D eigenvalue weighted by molar-refractivity contribution is 5.32. The Morgan fingerprint density at radius 3 is 2.42 bits per heavy atom. The van der Waals surface area contributed by atoms with Crippen molar-refractivity contribution >= 4 is 0 Å². The molecule has 2 rings (SSSR count). The molecule has 1 atom stereocenters. The van der Waals surface area contributed by atoms with Crippen molar-refractivity contribution in [3.05, 3.63) is 70.3 Å². The summed E-state index contributed by atoms with van der Waals surface area (Å²) in [7, 11) is 0. The second-order valence-electron chi connectivity index (χ2n) is 5.34. The molecule has 0 saturated heterocycles. The topological polar surface area (TPSA) is 20.2 Å². The van der Waals surface area contributed by atoms with E-state index in [2.05, 4.69) is 63.2 Å². The summed E-state index contributed by atoms with van der Waals surface area (Å²) in [6.45, 7) is 6.25. The molecule has 0 aliphatic carbocycles. The van der Waals surface area contributed by atoms with Gasteiger partial charge in [0.05, 0.1) is 6.10 Å². The Balaban J connectivity index is 2.07. The average Bonchev–Trinajstić information content (AvgIpc) is 2.40. The fourth-order valence-corrected chi connectivity index (χ4v) is 2.46. The average molecular weight is 254 g/mol. The van der Waals surface area contributed by atoms with Gasteiger partial charge in [0.2, 0.25) is 0 Å². The summed E-state index contributed by atoms with van der Waals surface area (Å²) in [5.74, 6) is 0. The van der Waals surface area contributed by atoms with Crippen molar-refractivity contribution in [2.24, 2.45) is 0 Å². The second-order valence-corrected chi connectivity index (χ2v) is 5.34. The van der Waals surface area contributed by atoms with Crippen molar-refractivity contribution < 1.29 is 5.11 Å². The first-order valence-electron chi connectivity index (χ1n) is 6.87. The van der Waals surface area contributed by atoms with Crippen LogP contribution in [0.1, 0.15) is 40.3 Å². The van der Waals surface area contributed by atoms with Gasteiger partial charge in [-0.2, -0.15) is 0 Å². The highest BCUT2D eigenvalue weighted by atomic mass is 16.3. The van der Waals surface area contributed by atoms with Gasteiger partial charge in [-0.1, -0.05) is 48.0 Å². The van der Waals surface area contributed by atoms with E-state index < -0.39 is 0 Å². The van der Waals surface area contributed by atoms with E-state index in [0.29, 0.717) is 0 Å². The fraction of sp³-hybridized carbons (Fsp3) is 0.333. The molecule has 0 aliphatic rings. The minimum atomic E-state index is -0.375. The van der Waals surface area contributed by atoms with Crippen molar-refractivity contribution in [3.8, 4) is 0 Å². The molecule has 2 aromatic carbocycles. The fourth-order valence-electron chi connectivity index (χ4n) is 2.46. The van der Waals surface area contributed by atoms with E-state index >= 15 is 0 Å². The number of aliphatic hydroxyl groups is 1. The predicted octanol–water partition coefficient (Wildman–Crippen LogP) is 4.28. The van der Waals surface area contributed by atoms with Crippen LogP contribution < -0.4 is 0 Å². The van der Waals surface area contributed by atoms with Crippen LogP contribution in [0.15, 0.2) is 42.5 Å². The van der Waals surface area contributed by atoms with Crippen LogP contribution in [0.3, 0.4) is 0 Å². The van der Waals surface area contributed by atoms with E-state index in [1.54, 1.807) is 0 Å². The number of hydrogen-bond acceptors (Lipinski definition) is 1. The van der Waals surface area contributed by atoms with Crippen LogP contribution in [0.5, 0.6) is 0 Å². The summed E-state index contributed by atoms with van der Waals surface area (Å²) in [6, 6.07) is 14.7. The molecule has 1 unspecified atom stereocenters. The molecule has 19 heavy (non-hydrogen) atoms. The van der Waals surface area contributed by atoms with Crippen LogP contribution in [0.2, 0.25) is 0 Å². The molecule has 100 valence electrons. The van der Waals surface area contributed by atoms with E-state index in [-0.39, 0.29) is 6.10 Å². The smallest absolute Gasteiger partial charge is 0.0795 e. The normalized spacial score (nSPS) is 12.4. The Kier molecular flexibility index (Phi) is 4.39. The third-order valence-electron chi connectivity index (χ3n) is 3.74. The number of rotatable bonds is 4. The monoisotopic (exact) mass is 254 g/mol. The molecule has 2 aromatic rings. The van der Waals surface area contributed by atoms with Crippen LogP contribution >= 0.6 is 0 Å². The van der Waals surface area contributed by atoms with Crippen molar-refractivity contribution in [1.82, 2.24) is 0 Å². The van der Waals surface area contributed by atoms with E-state index in [4.69, 9.17) is 0 Å². The summed E-state index contributed by atoms with van der Waals surface area (Å²) in [5.41, 5.74) is 6.06. The van der Waals surface area contributed by atoms with E-state index in [0.717, 1.165) is 18.4 Å². The number of hydrogen-bond donors (Lipinski definition) is 1. The molecular formula is C18H22O. The first kappa shape index (κ1) is 13.8. The standard InChI is InChI=1S/C18H22O/c1-13-8-9-15(3)17(12-13)18(19)11-10-16-7-5-4-6-14(16)2/h4-9,12,18-19H,10-11H2,1-3H3. The lowest BCUT2D eigenvalue weighted by Gasteiger charge is -2.15. The van der Waals surface area contributed by atoms with Gasteiger partial charge in [0, 0.05) is 0 Å². The van der Waals surface area contributed by atoms with Gasteiger partial charge in [0.1, 0.15) is 0 Å². The molecule has 0 aliphatic heterocycles. The molecule has 0 spiro atoms. The Bertz CT molecular complexity index is 557. The van der Waals surface area contributed by atoms with E-state index in [1.807, 2.05) is 0 Å². The van der Waals surface area contributed by atoms with Gasteiger partial charge in [-0.05, 0) is 55.9 Å². The highest BCUT2D eigenvalue weighted by Gasteiger charge is 2.11. The minimum Gasteiger partial charge on any atom is -0.388 e. The molecule has 1 nitrogen and oxygen atoms in total. The van der Waals surface area contributed by atoms with E-state index in [9.17, 15) is 5.11 Å². The lowest BCUT2D eigenvalue weighted by Crippen LogP contribution is -2.03. The number of aliphatic hydroxyl groups excluding tert-OH is 1. The predicted molar refractivity (Wildman–Crippen MR) is 80.4 cm³/mol. The summed E-state index contributed by atoms with van der Waals surface area (Å²) in [5, 5.41) is 10.4. The van der Waals surface area contributed by atoms with Gasteiger partial charge in [0.25, 0.3) is 0 Å². The van der Waals surface area contributed by atoms with Crippen molar-refractivity contribution in [2.45, 2.75) is 39.7 Å². The molecule has 0 saturated carbocycles. The van der Waals surface area contributed by atoms with Crippen LogP contribution in [0, 0.1) is 20.8 Å². The largest absolute Gasteiger partial charge is 0.388 e. The maximum absolute atomic E-state index is 10.4. The van der Waals surface area contributed by atoms with Crippen LogP contribution in [-0.2, 0) is 6.42 Å². The molecule has 1 N–H and O–H groups in total. The summed E-state index contributed by atoms with van der Waals surface area (Å²) < 4.78 is 0. The SMILES string of the molecule is Cc1ccc(C)c(C(O)CCc2ccccc2C)c1. The van der Waals surface area contributed by atoms with E-state index in [1.165, 1.54) is 22.3 Å². The highest BCUT2D eigenvalue weighted by Crippen LogP contribution is 2.24. The molecule has 0 fully saturated rings. The molecule has 0 aromatic heterocycles. The van der Waals surface area contributed by atoms with Gasteiger partial charge in [-0.25, -0.2) is 0 Å². The van der Waals surface area contributed by atoms with Crippen molar-refractivity contribution in [2.75, 3.05) is 0 Å². The van der Waals surface area contributed by atoms with Crippen molar-refractivity contribution in [1.29, 1.82) is 0 Å². The summed E-state index contributed by atoms with van der Waals surface area (Å²) in [4.78, 5) is 0. The Morgan fingerprint density at radius 2 is 1.68 bits per heavy atom. The van der Waals surface area contributed by atoms with Gasteiger partial charge >= 0.3 is 0 Å². The second kappa shape index (κ2) is 6.03. The van der Waals surface area contributed by atoms with Gasteiger partial charge in [-0.15, -0.1) is 0 Å². The molecular weight excluding hydrogens is 232 g/mol. The molecule has 0 amide bonds. The molecule has 0 radical (unpaired) electrons. The third-order valence-corrected chi connectivity index (χ3v) is 3.74. The zero-order valence-corrected chi connectivity index (χ0v) is 12.0. The number of benzene rings is 2. The number of aryl methyl sites for hydroxylation is 4. The Labute approximate surface area is 115 Å². The maximum atomic E-state index is 10.4. The first-order valence-corrected chi connectivity index (χ1v) is 6.87. The minimum absolute atomic E-state index is 0.375. The summed E-state index contributed by atoms with van der Waals surface area (Å²) in [6.07, 6.45) is 1.32. The molecule has 1 heteroatoms. The first-order chi connectivity index (χ1) is 9.08.